The molecule has 2 amide bonds. The van der Waals surface area contributed by atoms with E-state index in [1.807, 2.05) is 0 Å². The van der Waals surface area contributed by atoms with E-state index in [4.69, 9.17) is 0 Å². The van der Waals surface area contributed by atoms with E-state index < -0.39 is 27.7 Å². The van der Waals surface area contributed by atoms with Crippen LogP contribution in [0.1, 0.15) is 15.9 Å². The number of sulfonamides is 1. The van der Waals surface area contributed by atoms with E-state index in [2.05, 4.69) is 10.6 Å². The van der Waals surface area contributed by atoms with Gasteiger partial charge in [0.2, 0.25) is 15.9 Å². The second-order valence-corrected chi connectivity index (χ2v) is 8.01. The van der Waals surface area contributed by atoms with Crippen molar-refractivity contribution in [2.24, 2.45) is 0 Å². The molecule has 0 unspecified atom stereocenters. The van der Waals surface area contributed by atoms with E-state index in [9.17, 15) is 22.4 Å². The smallest absolute Gasteiger partial charge is 0.251 e. The van der Waals surface area contributed by atoms with E-state index in [-0.39, 0.29) is 23.5 Å². The number of rotatable bonds is 7. The molecule has 0 bridgehead atoms. The van der Waals surface area contributed by atoms with Gasteiger partial charge in [0.1, 0.15) is 5.82 Å². The van der Waals surface area contributed by atoms with E-state index in [1.54, 1.807) is 18.2 Å². The first-order chi connectivity index (χ1) is 12.7. The van der Waals surface area contributed by atoms with Gasteiger partial charge in [0.15, 0.2) is 0 Å². The Bertz CT molecular complexity index is 928. The molecule has 2 rings (SSSR count). The number of nitrogens with one attached hydrogen (secondary N) is 2. The minimum atomic E-state index is -3.58. The van der Waals surface area contributed by atoms with Gasteiger partial charge in [0.05, 0.1) is 11.4 Å². The highest BCUT2D eigenvalue weighted by Gasteiger charge is 2.17. The predicted molar refractivity (Wildman–Crippen MR) is 97.9 cm³/mol. The van der Waals surface area contributed by atoms with Gasteiger partial charge in [-0.25, -0.2) is 17.1 Å². The highest BCUT2D eigenvalue weighted by molar-refractivity contribution is 7.89. The van der Waals surface area contributed by atoms with Gasteiger partial charge in [-0.15, -0.1) is 0 Å². The molecule has 2 aromatic rings. The molecule has 0 aliphatic heterocycles. The van der Waals surface area contributed by atoms with Crippen molar-refractivity contribution in [3.05, 3.63) is 65.5 Å². The summed E-state index contributed by atoms with van der Waals surface area (Å²) in [5.41, 5.74) is 0.560. The lowest BCUT2D eigenvalue weighted by Crippen LogP contribution is -2.36. The largest absolute Gasteiger partial charge is 0.350 e. The summed E-state index contributed by atoms with van der Waals surface area (Å²) in [5.74, 6) is -1.42. The molecule has 0 saturated carbocycles. The van der Waals surface area contributed by atoms with E-state index in [1.165, 1.54) is 44.4 Å². The van der Waals surface area contributed by atoms with Crippen LogP contribution in [0.5, 0.6) is 0 Å². The third kappa shape index (κ3) is 5.35. The summed E-state index contributed by atoms with van der Waals surface area (Å²) >= 11 is 0. The first-order valence-electron chi connectivity index (χ1n) is 8.02. The van der Waals surface area contributed by atoms with Crippen LogP contribution in [0.2, 0.25) is 0 Å². The van der Waals surface area contributed by atoms with Crippen molar-refractivity contribution in [1.29, 1.82) is 0 Å². The standard InChI is InChI=1S/C18H20FN3O4S/c1-22(2)27(25,26)15-9-7-13(8-10-15)18(24)21-12-17(23)20-11-14-5-3-4-6-16(14)19/h3-10H,11-12H2,1-2H3,(H,20,23)(H,21,24). The van der Waals surface area contributed by atoms with Crippen LogP contribution in [0.15, 0.2) is 53.4 Å². The van der Waals surface area contributed by atoms with Crippen LogP contribution in [0, 0.1) is 5.82 Å². The van der Waals surface area contributed by atoms with Crippen LogP contribution in [-0.4, -0.2) is 45.2 Å². The van der Waals surface area contributed by atoms with Crippen LogP contribution in [-0.2, 0) is 21.4 Å². The van der Waals surface area contributed by atoms with Crippen molar-refractivity contribution < 1.29 is 22.4 Å². The summed E-state index contributed by atoms with van der Waals surface area (Å²) < 4.78 is 38.5. The quantitative estimate of drug-likeness (QED) is 0.737. The normalized spacial score (nSPS) is 11.3. The highest BCUT2D eigenvalue weighted by Crippen LogP contribution is 2.14. The molecular formula is C18H20FN3O4S. The van der Waals surface area contributed by atoms with Gasteiger partial charge in [-0.1, -0.05) is 18.2 Å². The third-order valence-corrected chi connectivity index (χ3v) is 5.57. The van der Waals surface area contributed by atoms with Crippen LogP contribution in [0.3, 0.4) is 0 Å². The zero-order valence-electron chi connectivity index (χ0n) is 14.9. The number of halogens is 1. The molecule has 0 aliphatic carbocycles. The molecule has 9 heteroatoms. The first-order valence-corrected chi connectivity index (χ1v) is 9.46. The van der Waals surface area contributed by atoms with Crippen molar-refractivity contribution in [3.63, 3.8) is 0 Å². The van der Waals surface area contributed by atoms with Gasteiger partial charge in [0.25, 0.3) is 5.91 Å². The Morgan fingerprint density at radius 1 is 1.00 bits per heavy atom. The molecule has 0 saturated heterocycles. The summed E-state index contributed by atoms with van der Waals surface area (Å²) in [4.78, 5) is 23.9. The topological polar surface area (TPSA) is 95.6 Å². The molecule has 0 aliphatic rings. The molecule has 144 valence electrons. The fourth-order valence-electron chi connectivity index (χ4n) is 2.15. The van der Waals surface area contributed by atoms with Gasteiger partial charge in [-0.05, 0) is 30.3 Å². The van der Waals surface area contributed by atoms with Crippen LogP contribution < -0.4 is 10.6 Å². The zero-order valence-corrected chi connectivity index (χ0v) is 15.7. The van der Waals surface area contributed by atoms with Gasteiger partial charge in [-0.2, -0.15) is 0 Å². The third-order valence-electron chi connectivity index (χ3n) is 3.74. The van der Waals surface area contributed by atoms with Gasteiger partial charge in [-0.3, -0.25) is 9.59 Å². The maximum Gasteiger partial charge on any atom is 0.251 e. The van der Waals surface area contributed by atoms with E-state index in [0.29, 0.717) is 5.56 Å². The molecule has 7 nitrogen and oxygen atoms in total. The Morgan fingerprint density at radius 3 is 2.22 bits per heavy atom. The Balaban J connectivity index is 1.88. The molecule has 2 aromatic carbocycles. The second kappa shape index (κ2) is 8.74. The SMILES string of the molecule is CN(C)S(=O)(=O)c1ccc(C(=O)NCC(=O)NCc2ccccc2F)cc1. The zero-order chi connectivity index (χ0) is 20.0. The fourth-order valence-corrected chi connectivity index (χ4v) is 3.05. The molecule has 0 fully saturated rings. The number of amides is 2. The second-order valence-electron chi connectivity index (χ2n) is 5.86. The maximum atomic E-state index is 13.5. The van der Waals surface area contributed by atoms with Gasteiger partial charge >= 0.3 is 0 Å². The molecule has 0 atom stereocenters. The molecule has 2 N–H and O–H groups in total. The highest BCUT2D eigenvalue weighted by atomic mass is 32.2. The molecule has 0 radical (unpaired) electrons. The van der Waals surface area contributed by atoms with Crippen molar-refractivity contribution in [2.75, 3.05) is 20.6 Å². The monoisotopic (exact) mass is 393 g/mol. The van der Waals surface area contributed by atoms with Crippen LogP contribution in [0.4, 0.5) is 4.39 Å². The average molecular weight is 393 g/mol. The molecular weight excluding hydrogens is 373 g/mol. The summed E-state index contributed by atoms with van der Waals surface area (Å²) in [5, 5.41) is 4.94. The molecule has 0 heterocycles. The number of carbonyl (C=O) groups is 2. The lowest BCUT2D eigenvalue weighted by atomic mass is 10.2. The van der Waals surface area contributed by atoms with Crippen LogP contribution >= 0.6 is 0 Å². The summed E-state index contributed by atoms with van der Waals surface area (Å²) in [6.07, 6.45) is 0. The first kappa shape index (κ1) is 20.5. The van der Waals surface area contributed by atoms with Crippen molar-refractivity contribution in [2.45, 2.75) is 11.4 Å². The van der Waals surface area contributed by atoms with Crippen molar-refractivity contribution >= 4 is 21.8 Å². The predicted octanol–water partition coefficient (Wildman–Crippen LogP) is 1.12. The minimum Gasteiger partial charge on any atom is -0.350 e. The molecule has 0 spiro atoms. The van der Waals surface area contributed by atoms with Crippen molar-refractivity contribution in [1.82, 2.24) is 14.9 Å². The lowest BCUT2D eigenvalue weighted by molar-refractivity contribution is -0.120. The van der Waals surface area contributed by atoms with Crippen LogP contribution in [0.25, 0.3) is 0 Å². The van der Waals surface area contributed by atoms with E-state index >= 15 is 0 Å². The number of carbonyl (C=O) groups excluding carboxylic acids is 2. The minimum absolute atomic E-state index is 0.0124. The number of hydrogen-bond donors (Lipinski definition) is 2. The Kier molecular flexibility index (Phi) is 6.65. The van der Waals surface area contributed by atoms with Crippen molar-refractivity contribution in [3.8, 4) is 0 Å². The number of nitrogens with zero attached hydrogens (tertiary/aromatic N) is 1. The Hall–Kier alpha value is -2.78. The Morgan fingerprint density at radius 2 is 1.63 bits per heavy atom. The Labute approximate surface area is 157 Å². The lowest BCUT2D eigenvalue weighted by Gasteiger charge is -2.11. The molecule has 0 aromatic heterocycles. The summed E-state index contributed by atoms with van der Waals surface area (Å²) in [6.45, 7) is -0.274. The molecule has 27 heavy (non-hydrogen) atoms. The maximum absolute atomic E-state index is 13.5. The van der Waals surface area contributed by atoms with E-state index in [0.717, 1.165) is 4.31 Å². The summed E-state index contributed by atoms with van der Waals surface area (Å²) in [7, 11) is -0.750. The average Bonchev–Trinajstić information content (AvgIpc) is 2.65. The van der Waals surface area contributed by atoms with Gasteiger partial charge < -0.3 is 10.6 Å². The van der Waals surface area contributed by atoms with Gasteiger partial charge in [0, 0.05) is 31.8 Å². The fraction of sp³-hybridized carbons (Fsp3) is 0.222. The summed E-state index contributed by atoms with van der Waals surface area (Å²) in [6, 6.07) is 11.4. The number of benzene rings is 2. The number of hydrogen-bond acceptors (Lipinski definition) is 4.